The number of benzene rings is 2. The number of nitrogens with one attached hydrogen (secondary N) is 2. The molecule has 1 aromatic heterocycles. The summed E-state index contributed by atoms with van der Waals surface area (Å²) in [6, 6.07) is 15.0. The van der Waals surface area contributed by atoms with E-state index in [1.165, 1.54) is 5.56 Å². The van der Waals surface area contributed by atoms with Gasteiger partial charge in [0.1, 0.15) is 5.75 Å². The maximum Gasteiger partial charge on any atom is 0.406 e. The first kappa shape index (κ1) is 15.9. The molecular formula is C18H19N3O3. The average molecular weight is 325 g/mol. The predicted octanol–water partition coefficient (Wildman–Crippen LogP) is 2.80. The number of phenolic OH excluding ortho intramolecular Hbond substituents is 1. The molecule has 0 aliphatic carbocycles. The number of rotatable bonds is 1. The first-order valence-electron chi connectivity index (χ1n) is 7.67. The lowest BCUT2D eigenvalue weighted by molar-refractivity contribution is 0.0816. The molecule has 24 heavy (non-hydrogen) atoms. The maximum atomic E-state index is 10.6. The summed E-state index contributed by atoms with van der Waals surface area (Å²) >= 11 is 0. The number of aromatic nitrogens is 1. The number of ether oxygens (including phenoxy) is 1. The summed E-state index contributed by atoms with van der Waals surface area (Å²) in [6.45, 7) is 0.801. The molecule has 124 valence electrons. The molecule has 6 heteroatoms. The SMILES string of the molecule is NC(=O)OC1NCCc2ccccc21.Oc1ccc2[nH]ccc2c1. The Bertz CT molecular complexity index is 844. The van der Waals surface area contributed by atoms with Crippen LogP contribution in [0, 0.1) is 0 Å². The molecule has 0 saturated heterocycles. The minimum absolute atomic E-state index is 0.312. The van der Waals surface area contributed by atoms with Crippen molar-refractivity contribution in [2.75, 3.05) is 6.54 Å². The van der Waals surface area contributed by atoms with Crippen LogP contribution in [0.25, 0.3) is 10.9 Å². The minimum atomic E-state index is -0.751. The molecule has 1 amide bonds. The van der Waals surface area contributed by atoms with Crippen LogP contribution in [0.5, 0.6) is 5.75 Å². The fourth-order valence-electron chi connectivity index (χ4n) is 2.73. The lowest BCUT2D eigenvalue weighted by Gasteiger charge is -2.25. The number of H-pyrrole nitrogens is 1. The summed E-state index contributed by atoms with van der Waals surface area (Å²) in [5, 5.41) is 13.2. The molecular weight excluding hydrogens is 306 g/mol. The van der Waals surface area contributed by atoms with Crippen LogP contribution in [0.3, 0.4) is 0 Å². The van der Waals surface area contributed by atoms with E-state index in [-0.39, 0.29) is 0 Å². The van der Waals surface area contributed by atoms with Gasteiger partial charge in [-0.05, 0) is 36.2 Å². The molecule has 1 aliphatic heterocycles. The van der Waals surface area contributed by atoms with Crippen molar-refractivity contribution in [3.05, 3.63) is 65.9 Å². The molecule has 1 atom stereocenters. The Morgan fingerprint density at radius 3 is 2.88 bits per heavy atom. The largest absolute Gasteiger partial charge is 0.508 e. The monoisotopic (exact) mass is 325 g/mol. The molecule has 5 N–H and O–H groups in total. The number of amides is 1. The molecule has 6 nitrogen and oxygen atoms in total. The summed E-state index contributed by atoms with van der Waals surface area (Å²) in [6.07, 6.45) is 1.66. The van der Waals surface area contributed by atoms with E-state index >= 15 is 0 Å². The van der Waals surface area contributed by atoms with Gasteiger partial charge in [0.05, 0.1) is 0 Å². The van der Waals surface area contributed by atoms with Crippen LogP contribution < -0.4 is 11.1 Å². The molecule has 0 saturated carbocycles. The summed E-state index contributed by atoms with van der Waals surface area (Å²) in [7, 11) is 0. The van der Waals surface area contributed by atoms with Crippen molar-refractivity contribution in [1.29, 1.82) is 0 Å². The quantitative estimate of drug-likeness (QED) is 0.552. The Labute approximate surface area is 139 Å². The topological polar surface area (TPSA) is 100 Å². The van der Waals surface area contributed by atoms with Gasteiger partial charge in [0.25, 0.3) is 0 Å². The van der Waals surface area contributed by atoms with Crippen LogP contribution in [-0.2, 0) is 11.2 Å². The second-order valence-corrected chi connectivity index (χ2v) is 5.47. The molecule has 0 bridgehead atoms. The van der Waals surface area contributed by atoms with E-state index in [9.17, 15) is 4.79 Å². The van der Waals surface area contributed by atoms with Crippen molar-refractivity contribution in [2.45, 2.75) is 12.6 Å². The number of nitrogens with two attached hydrogens (primary N) is 1. The smallest absolute Gasteiger partial charge is 0.406 e. The fourth-order valence-corrected chi connectivity index (χ4v) is 2.73. The molecule has 3 aromatic rings. The van der Waals surface area contributed by atoms with Crippen LogP contribution in [0.1, 0.15) is 17.4 Å². The number of primary amides is 1. The zero-order chi connectivity index (χ0) is 16.9. The van der Waals surface area contributed by atoms with Gasteiger partial charge in [-0.25, -0.2) is 4.79 Å². The highest BCUT2D eigenvalue weighted by Crippen LogP contribution is 2.23. The number of aromatic hydroxyl groups is 1. The summed E-state index contributed by atoms with van der Waals surface area (Å²) < 4.78 is 4.95. The van der Waals surface area contributed by atoms with Gasteiger partial charge in [0, 0.05) is 29.2 Å². The molecule has 0 spiro atoms. The third-order valence-electron chi connectivity index (χ3n) is 3.83. The van der Waals surface area contributed by atoms with Crippen LogP contribution >= 0.6 is 0 Å². The summed E-state index contributed by atoms with van der Waals surface area (Å²) in [5.41, 5.74) is 8.24. The predicted molar refractivity (Wildman–Crippen MR) is 91.5 cm³/mol. The zero-order valence-electron chi connectivity index (χ0n) is 13.0. The number of aromatic amines is 1. The summed E-state index contributed by atoms with van der Waals surface area (Å²) in [5.74, 6) is 0.312. The van der Waals surface area contributed by atoms with Crippen LogP contribution in [0.15, 0.2) is 54.7 Å². The van der Waals surface area contributed by atoms with E-state index in [0.29, 0.717) is 5.75 Å². The third-order valence-corrected chi connectivity index (χ3v) is 3.83. The highest BCUT2D eigenvalue weighted by Gasteiger charge is 2.21. The standard InChI is InChI=1S/C10H12N2O2.C8H7NO/c11-10(13)14-9-8-4-2-1-3-7(8)5-6-12-9;10-7-1-2-8-6(5-7)3-4-9-8/h1-4,9,12H,5-6H2,(H2,11,13);1-5,9-10H. The van der Waals surface area contributed by atoms with E-state index < -0.39 is 12.3 Å². The summed E-state index contributed by atoms with van der Waals surface area (Å²) in [4.78, 5) is 13.7. The number of fused-ring (bicyclic) bond motifs is 2. The van der Waals surface area contributed by atoms with Crippen molar-refractivity contribution < 1.29 is 14.6 Å². The first-order valence-corrected chi connectivity index (χ1v) is 7.67. The van der Waals surface area contributed by atoms with E-state index in [1.54, 1.807) is 12.1 Å². The number of carbonyl (C=O) groups excluding carboxylic acids is 1. The lowest BCUT2D eigenvalue weighted by atomic mass is 10.00. The van der Waals surface area contributed by atoms with Gasteiger partial charge >= 0.3 is 6.09 Å². The lowest BCUT2D eigenvalue weighted by Crippen LogP contribution is -2.34. The normalized spacial score (nSPS) is 15.9. The van der Waals surface area contributed by atoms with Gasteiger partial charge < -0.3 is 20.6 Å². The maximum absolute atomic E-state index is 10.6. The Balaban J connectivity index is 0.000000149. The van der Waals surface area contributed by atoms with Crippen LogP contribution in [-0.4, -0.2) is 22.7 Å². The van der Waals surface area contributed by atoms with Crippen molar-refractivity contribution >= 4 is 17.0 Å². The Morgan fingerprint density at radius 1 is 1.21 bits per heavy atom. The van der Waals surface area contributed by atoms with Gasteiger partial charge in [-0.2, -0.15) is 0 Å². The van der Waals surface area contributed by atoms with E-state index in [0.717, 1.165) is 29.4 Å². The molecule has 2 aromatic carbocycles. The molecule has 0 radical (unpaired) electrons. The fraction of sp³-hybridized carbons (Fsp3) is 0.167. The van der Waals surface area contributed by atoms with Gasteiger partial charge in [-0.3, -0.25) is 5.32 Å². The van der Waals surface area contributed by atoms with Crippen molar-refractivity contribution in [2.24, 2.45) is 5.73 Å². The molecule has 2 heterocycles. The van der Waals surface area contributed by atoms with E-state index in [4.69, 9.17) is 15.6 Å². The molecule has 1 aliphatic rings. The highest BCUT2D eigenvalue weighted by molar-refractivity contribution is 5.80. The van der Waals surface area contributed by atoms with Crippen molar-refractivity contribution in [3.8, 4) is 5.75 Å². The second-order valence-electron chi connectivity index (χ2n) is 5.47. The van der Waals surface area contributed by atoms with Crippen LogP contribution in [0.2, 0.25) is 0 Å². The molecule has 4 rings (SSSR count). The second kappa shape index (κ2) is 7.06. The van der Waals surface area contributed by atoms with Gasteiger partial charge in [0.15, 0.2) is 6.23 Å². The number of carbonyl (C=O) groups is 1. The Kier molecular flexibility index (Phi) is 4.67. The minimum Gasteiger partial charge on any atom is -0.508 e. The van der Waals surface area contributed by atoms with E-state index in [2.05, 4.69) is 10.3 Å². The average Bonchev–Trinajstić information content (AvgIpc) is 3.03. The number of phenols is 1. The van der Waals surface area contributed by atoms with Crippen molar-refractivity contribution in [1.82, 2.24) is 10.3 Å². The van der Waals surface area contributed by atoms with Crippen molar-refractivity contribution in [3.63, 3.8) is 0 Å². The number of hydrogen-bond donors (Lipinski definition) is 4. The number of hydrogen-bond acceptors (Lipinski definition) is 4. The Morgan fingerprint density at radius 2 is 2.04 bits per heavy atom. The van der Waals surface area contributed by atoms with E-state index in [1.807, 2.05) is 42.6 Å². The van der Waals surface area contributed by atoms with Crippen LogP contribution in [0.4, 0.5) is 4.79 Å². The zero-order valence-corrected chi connectivity index (χ0v) is 13.0. The highest BCUT2D eigenvalue weighted by atomic mass is 16.6. The first-order chi connectivity index (χ1) is 11.6. The van der Waals surface area contributed by atoms with Gasteiger partial charge in [0.2, 0.25) is 0 Å². The van der Waals surface area contributed by atoms with Gasteiger partial charge in [-0.15, -0.1) is 0 Å². The molecule has 1 unspecified atom stereocenters. The molecule has 0 fully saturated rings. The van der Waals surface area contributed by atoms with Gasteiger partial charge in [-0.1, -0.05) is 24.3 Å². The Hall–Kier alpha value is -2.99. The third kappa shape index (κ3) is 3.67.